The normalized spacial score (nSPS) is 10.4. The van der Waals surface area contributed by atoms with E-state index in [1.807, 2.05) is 32.0 Å². The number of methoxy groups -OCH3 is 1. The van der Waals surface area contributed by atoms with Crippen LogP contribution in [0.4, 0.5) is 0 Å². The third-order valence-corrected chi connectivity index (χ3v) is 3.74. The van der Waals surface area contributed by atoms with E-state index < -0.39 is 0 Å². The van der Waals surface area contributed by atoms with Crippen molar-refractivity contribution in [3.05, 3.63) is 34.5 Å². The number of carbonyl (C=O) groups is 1. The summed E-state index contributed by atoms with van der Waals surface area (Å²) in [4.78, 5) is 16.8. The number of hydrogen-bond acceptors (Lipinski definition) is 4. The van der Waals surface area contributed by atoms with Gasteiger partial charge in [0.1, 0.15) is 11.4 Å². The number of rotatable bonds is 3. The zero-order valence-corrected chi connectivity index (χ0v) is 11.7. The van der Waals surface area contributed by atoms with Crippen LogP contribution in [0.15, 0.2) is 18.2 Å². The van der Waals surface area contributed by atoms with Gasteiger partial charge in [-0.2, -0.15) is 0 Å². The highest BCUT2D eigenvalue weighted by atomic mass is 32.1. The molecule has 0 bridgehead atoms. The van der Waals surface area contributed by atoms with Crippen molar-refractivity contribution in [2.24, 2.45) is 0 Å². The lowest BCUT2D eigenvalue weighted by Gasteiger charge is -2.06. The van der Waals surface area contributed by atoms with Crippen LogP contribution in [0.2, 0.25) is 0 Å². The molecule has 2 rings (SSSR count). The largest absolute Gasteiger partial charge is 0.496 e. The van der Waals surface area contributed by atoms with Gasteiger partial charge in [-0.1, -0.05) is 0 Å². The Labute approximate surface area is 110 Å². The van der Waals surface area contributed by atoms with Crippen molar-refractivity contribution in [2.45, 2.75) is 20.8 Å². The molecule has 0 aliphatic rings. The first-order chi connectivity index (χ1) is 8.52. The van der Waals surface area contributed by atoms with E-state index in [0.29, 0.717) is 5.69 Å². The molecule has 0 saturated carbocycles. The molecule has 0 spiro atoms. The lowest BCUT2D eigenvalue weighted by Crippen LogP contribution is -1.95. The Hall–Kier alpha value is -1.68. The monoisotopic (exact) mass is 261 g/mol. The van der Waals surface area contributed by atoms with Crippen LogP contribution in [0.25, 0.3) is 10.4 Å². The number of benzene rings is 1. The summed E-state index contributed by atoms with van der Waals surface area (Å²) < 4.78 is 5.24. The van der Waals surface area contributed by atoms with E-state index in [1.54, 1.807) is 25.4 Å². The van der Waals surface area contributed by atoms with E-state index in [9.17, 15) is 4.79 Å². The predicted octanol–water partition coefficient (Wildman–Crippen LogP) is 3.64. The van der Waals surface area contributed by atoms with Gasteiger partial charge in [0.05, 0.1) is 17.0 Å². The smallest absolute Gasteiger partial charge is 0.179 e. The molecule has 94 valence electrons. The Balaban J connectivity index is 2.55. The van der Waals surface area contributed by atoms with Gasteiger partial charge in [0.2, 0.25) is 0 Å². The van der Waals surface area contributed by atoms with Crippen LogP contribution in [0.1, 0.15) is 28.0 Å². The van der Waals surface area contributed by atoms with Crippen molar-refractivity contribution in [3.63, 3.8) is 0 Å². The van der Waals surface area contributed by atoms with Gasteiger partial charge >= 0.3 is 0 Å². The summed E-state index contributed by atoms with van der Waals surface area (Å²) in [5.74, 6) is 0.854. The van der Waals surface area contributed by atoms with Gasteiger partial charge in [0.25, 0.3) is 0 Å². The van der Waals surface area contributed by atoms with E-state index in [4.69, 9.17) is 4.74 Å². The van der Waals surface area contributed by atoms with E-state index in [-0.39, 0.29) is 5.78 Å². The molecule has 0 saturated heterocycles. The molecule has 1 aromatic heterocycles. The maximum absolute atomic E-state index is 11.6. The zero-order valence-electron chi connectivity index (χ0n) is 10.9. The highest BCUT2D eigenvalue weighted by Crippen LogP contribution is 2.33. The molecule has 1 aromatic carbocycles. The summed E-state index contributed by atoms with van der Waals surface area (Å²) in [6, 6.07) is 5.91. The number of thiazole rings is 1. The highest BCUT2D eigenvalue weighted by Gasteiger charge is 2.15. The quantitative estimate of drug-likeness (QED) is 0.792. The molecule has 0 fully saturated rings. The van der Waals surface area contributed by atoms with Crippen LogP contribution in [-0.2, 0) is 0 Å². The van der Waals surface area contributed by atoms with Crippen LogP contribution in [0.3, 0.4) is 0 Å². The van der Waals surface area contributed by atoms with Crippen LogP contribution in [0, 0.1) is 13.8 Å². The maximum Gasteiger partial charge on any atom is 0.179 e. The van der Waals surface area contributed by atoms with Gasteiger partial charge in [-0.3, -0.25) is 4.79 Å². The van der Waals surface area contributed by atoms with Crippen LogP contribution in [-0.4, -0.2) is 17.9 Å². The molecule has 0 radical (unpaired) electrons. The summed E-state index contributed by atoms with van der Waals surface area (Å²) in [6.07, 6.45) is 0. The number of aryl methyl sites for hydroxylation is 2. The molecule has 18 heavy (non-hydrogen) atoms. The van der Waals surface area contributed by atoms with E-state index in [0.717, 1.165) is 26.8 Å². The van der Waals surface area contributed by atoms with E-state index in [1.165, 1.54) is 0 Å². The second-order valence-corrected chi connectivity index (χ2v) is 5.35. The van der Waals surface area contributed by atoms with Gasteiger partial charge in [0.15, 0.2) is 5.78 Å². The number of ether oxygens (including phenoxy) is 1. The van der Waals surface area contributed by atoms with Gasteiger partial charge < -0.3 is 4.74 Å². The minimum atomic E-state index is 0.00261. The van der Waals surface area contributed by atoms with Crippen LogP contribution < -0.4 is 4.74 Å². The van der Waals surface area contributed by atoms with Crippen molar-refractivity contribution < 1.29 is 9.53 Å². The molecular formula is C14H15NO2S. The summed E-state index contributed by atoms with van der Waals surface area (Å²) >= 11 is 1.55. The van der Waals surface area contributed by atoms with Crippen LogP contribution >= 0.6 is 11.3 Å². The number of ketones is 1. The molecule has 0 atom stereocenters. The number of nitrogens with zero attached hydrogens (tertiary/aromatic N) is 1. The molecule has 0 N–H and O–H groups in total. The van der Waals surface area contributed by atoms with Crippen molar-refractivity contribution in [2.75, 3.05) is 7.11 Å². The van der Waals surface area contributed by atoms with Gasteiger partial charge in [-0.15, -0.1) is 11.3 Å². The minimum absolute atomic E-state index is 0.00261. The molecule has 0 unspecified atom stereocenters. The fourth-order valence-corrected chi connectivity index (χ4v) is 2.84. The van der Waals surface area contributed by atoms with Crippen molar-refractivity contribution in [3.8, 4) is 16.2 Å². The molecule has 0 amide bonds. The Morgan fingerprint density at radius 1 is 1.33 bits per heavy atom. The van der Waals surface area contributed by atoms with Crippen molar-refractivity contribution >= 4 is 17.1 Å². The molecule has 1 heterocycles. The molecular weight excluding hydrogens is 246 g/mol. The number of aromatic nitrogens is 1. The number of carbonyl (C=O) groups excluding carboxylic acids is 1. The van der Waals surface area contributed by atoms with Crippen molar-refractivity contribution in [1.29, 1.82) is 0 Å². The fourth-order valence-electron chi connectivity index (χ4n) is 1.88. The summed E-state index contributed by atoms with van der Waals surface area (Å²) in [7, 11) is 1.65. The Morgan fingerprint density at radius 3 is 2.61 bits per heavy atom. The van der Waals surface area contributed by atoms with Crippen LogP contribution in [0.5, 0.6) is 5.75 Å². The third kappa shape index (κ3) is 2.29. The van der Waals surface area contributed by atoms with Crippen molar-refractivity contribution in [1.82, 2.24) is 4.98 Å². The standard InChI is InChI=1S/C14H15NO2S/c1-8-7-11(5-6-12(8)17-4)14-13(9(2)16)15-10(3)18-14/h5-7H,1-4H3. The molecule has 0 aliphatic heterocycles. The maximum atomic E-state index is 11.6. The first-order valence-corrected chi connectivity index (χ1v) is 6.48. The molecule has 3 nitrogen and oxygen atoms in total. The Kier molecular flexibility index (Phi) is 3.48. The second-order valence-electron chi connectivity index (χ2n) is 4.15. The summed E-state index contributed by atoms with van der Waals surface area (Å²) in [6.45, 7) is 5.45. The average Bonchev–Trinajstić information content (AvgIpc) is 2.71. The Bertz CT molecular complexity index is 602. The molecule has 4 heteroatoms. The average molecular weight is 261 g/mol. The van der Waals surface area contributed by atoms with Gasteiger partial charge in [0, 0.05) is 6.92 Å². The predicted molar refractivity (Wildman–Crippen MR) is 73.6 cm³/mol. The van der Waals surface area contributed by atoms with Gasteiger partial charge in [-0.05, 0) is 43.2 Å². The minimum Gasteiger partial charge on any atom is -0.496 e. The topological polar surface area (TPSA) is 39.2 Å². The summed E-state index contributed by atoms with van der Waals surface area (Å²) in [5.41, 5.74) is 2.63. The second kappa shape index (κ2) is 4.90. The zero-order chi connectivity index (χ0) is 13.3. The third-order valence-electron chi connectivity index (χ3n) is 2.72. The first kappa shape index (κ1) is 12.8. The molecule has 0 aliphatic carbocycles. The first-order valence-electron chi connectivity index (χ1n) is 5.66. The highest BCUT2D eigenvalue weighted by molar-refractivity contribution is 7.15. The fraction of sp³-hybridized carbons (Fsp3) is 0.286. The van der Waals surface area contributed by atoms with E-state index >= 15 is 0 Å². The lowest BCUT2D eigenvalue weighted by molar-refractivity contribution is 0.101. The summed E-state index contributed by atoms with van der Waals surface area (Å²) in [5, 5.41) is 0.906. The Morgan fingerprint density at radius 2 is 2.06 bits per heavy atom. The SMILES string of the molecule is COc1ccc(-c2sc(C)nc2C(C)=O)cc1C. The lowest BCUT2D eigenvalue weighted by atomic mass is 10.1. The molecule has 2 aromatic rings. The number of Topliss-reactive ketones (excluding diaryl/α,β-unsaturated/α-hetero) is 1. The van der Waals surface area contributed by atoms with Gasteiger partial charge in [-0.25, -0.2) is 4.98 Å². The van der Waals surface area contributed by atoms with E-state index in [2.05, 4.69) is 4.98 Å². The number of hydrogen-bond donors (Lipinski definition) is 0.